The van der Waals surface area contributed by atoms with E-state index in [4.69, 9.17) is 0 Å². The zero-order valence-corrected chi connectivity index (χ0v) is 16.2. The number of amides is 1. The maximum atomic E-state index is 12.6. The lowest BCUT2D eigenvalue weighted by atomic mass is 10.0. The van der Waals surface area contributed by atoms with Crippen LogP contribution >= 0.6 is 0 Å². The number of hydrogen-bond donors (Lipinski definition) is 1. The molecule has 0 saturated carbocycles. The van der Waals surface area contributed by atoms with Crippen LogP contribution in [0.15, 0.2) is 48.0 Å². The molecule has 0 aromatic heterocycles. The summed E-state index contributed by atoms with van der Waals surface area (Å²) < 4.78 is 0. The summed E-state index contributed by atoms with van der Waals surface area (Å²) in [6.07, 6.45) is 4.66. The first kappa shape index (κ1) is 20.1. The number of piperidine rings is 1. The minimum Gasteiger partial charge on any atom is -0.371 e. The van der Waals surface area contributed by atoms with E-state index >= 15 is 0 Å². The molecule has 0 spiro atoms. The molecule has 1 amide bonds. The Bertz CT molecular complexity index is 984. The number of rotatable bonds is 5. The molecule has 0 atom stereocenters. The number of hydrogen-bond acceptors (Lipinski definition) is 5. The molecule has 1 saturated heterocycles. The number of nitro groups is 1. The summed E-state index contributed by atoms with van der Waals surface area (Å²) in [5, 5.41) is 23.5. The number of nitriles is 1. The molecule has 1 aliphatic heterocycles. The largest absolute Gasteiger partial charge is 0.371 e. The molecule has 1 N–H and O–H groups in total. The van der Waals surface area contributed by atoms with Gasteiger partial charge in [-0.2, -0.15) is 5.26 Å². The normalized spacial score (nSPS) is 14.2. The van der Waals surface area contributed by atoms with Gasteiger partial charge >= 0.3 is 0 Å². The molecule has 1 heterocycles. The van der Waals surface area contributed by atoms with Crippen LogP contribution in [0.5, 0.6) is 0 Å². The molecule has 3 rings (SSSR count). The molecule has 0 unspecified atom stereocenters. The highest BCUT2D eigenvalue weighted by Gasteiger charge is 2.18. The third-order valence-corrected chi connectivity index (χ3v) is 4.89. The van der Waals surface area contributed by atoms with Gasteiger partial charge in [0.05, 0.1) is 4.92 Å². The number of nitro benzene ring substituents is 1. The van der Waals surface area contributed by atoms with Crippen molar-refractivity contribution in [1.82, 2.24) is 0 Å². The van der Waals surface area contributed by atoms with Crippen LogP contribution in [0.1, 0.15) is 30.4 Å². The van der Waals surface area contributed by atoms with Crippen molar-refractivity contribution in [2.24, 2.45) is 0 Å². The van der Waals surface area contributed by atoms with Crippen LogP contribution in [0, 0.1) is 28.4 Å². The average molecular weight is 390 g/mol. The first-order valence-corrected chi connectivity index (χ1v) is 9.51. The summed E-state index contributed by atoms with van der Waals surface area (Å²) in [6.45, 7) is 3.63. The Balaban J connectivity index is 1.94. The monoisotopic (exact) mass is 390 g/mol. The number of nitrogens with one attached hydrogen (secondary N) is 1. The molecular formula is C22H22N4O3. The fraction of sp³-hybridized carbons (Fsp3) is 0.273. The van der Waals surface area contributed by atoms with Crippen molar-refractivity contribution in [3.63, 3.8) is 0 Å². The zero-order chi connectivity index (χ0) is 20.8. The van der Waals surface area contributed by atoms with Crippen molar-refractivity contribution in [2.75, 3.05) is 23.3 Å². The van der Waals surface area contributed by atoms with Crippen molar-refractivity contribution in [1.29, 1.82) is 5.26 Å². The lowest BCUT2D eigenvalue weighted by molar-refractivity contribution is -0.384. The Morgan fingerprint density at radius 1 is 1.17 bits per heavy atom. The zero-order valence-electron chi connectivity index (χ0n) is 16.2. The smallest absolute Gasteiger partial charge is 0.270 e. The van der Waals surface area contributed by atoms with E-state index in [1.165, 1.54) is 18.2 Å². The third kappa shape index (κ3) is 4.99. The van der Waals surface area contributed by atoms with Gasteiger partial charge in [-0.15, -0.1) is 0 Å². The van der Waals surface area contributed by atoms with Gasteiger partial charge in [0.1, 0.15) is 11.6 Å². The molecule has 7 nitrogen and oxygen atoms in total. The van der Waals surface area contributed by atoms with Gasteiger partial charge in [0, 0.05) is 42.2 Å². The highest BCUT2D eigenvalue weighted by atomic mass is 16.6. The summed E-state index contributed by atoms with van der Waals surface area (Å²) in [7, 11) is 0. The van der Waals surface area contributed by atoms with Crippen LogP contribution in [-0.4, -0.2) is 23.9 Å². The Labute approximate surface area is 169 Å². The van der Waals surface area contributed by atoms with E-state index in [1.54, 1.807) is 18.2 Å². The van der Waals surface area contributed by atoms with Crippen LogP contribution in [0.25, 0.3) is 6.08 Å². The molecule has 0 aliphatic carbocycles. The van der Waals surface area contributed by atoms with Gasteiger partial charge in [-0.3, -0.25) is 14.9 Å². The summed E-state index contributed by atoms with van der Waals surface area (Å²) >= 11 is 0. The molecule has 2 aromatic carbocycles. The van der Waals surface area contributed by atoms with Gasteiger partial charge in [-0.05, 0) is 50.5 Å². The Hall–Kier alpha value is -3.66. The first-order chi connectivity index (χ1) is 14.0. The van der Waals surface area contributed by atoms with Crippen molar-refractivity contribution >= 4 is 29.0 Å². The topological polar surface area (TPSA) is 99.3 Å². The van der Waals surface area contributed by atoms with E-state index in [2.05, 4.69) is 10.2 Å². The van der Waals surface area contributed by atoms with Crippen LogP contribution in [0.2, 0.25) is 0 Å². The number of aryl methyl sites for hydroxylation is 1. The maximum Gasteiger partial charge on any atom is 0.270 e. The number of anilines is 2. The van der Waals surface area contributed by atoms with Crippen molar-refractivity contribution < 1.29 is 9.72 Å². The molecule has 0 bridgehead atoms. The van der Waals surface area contributed by atoms with Gasteiger partial charge in [-0.25, -0.2) is 0 Å². The van der Waals surface area contributed by atoms with Crippen LogP contribution in [-0.2, 0) is 4.79 Å². The highest BCUT2D eigenvalue weighted by Crippen LogP contribution is 2.30. The van der Waals surface area contributed by atoms with Gasteiger partial charge in [0.2, 0.25) is 0 Å². The summed E-state index contributed by atoms with van der Waals surface area (Å²) in [5.41, 5.74) is 2.75. The molecule has 148 valence electrons. The number of carbonyl (C=O) groups is 1. The Morgan fingerprint density at radius 3 is 2.48 bits per heavy atom. The first-order valence-electron chi connectivity index (χ1n) is 9.51. The van der Waals surface area contributed by atoms with E-state index < -0.39 is 10.8 Å². The predicted molar refractivity (Wildman–Crippen MR) is 113 cm³/mol. The number of carbonyl (C=O) groups excluding carboxylic acids is 1. The van der Waals surface area contributed by atoms with Gasteiger partial charge in [0.15, 0.2) is 0 Å². The second kappa shape index (κ2) is 9.02. The minimum atomic E-state index is -0.549. The quantitative estimate of drug-likeness (QED) is 0.352. The SMILES string of the molecule is Cc1ccc(NC(=O)/C(C#N)=C/c2cc([N+](=O)[O-])ccc2N2CCCCC2)cc1. The van der Waals surface area contributed by atoms with Crippen molar-refractivity contribution in [2.45, 2.75) is 26.2 Å². The molecule has 7 heteroatoms. The van der Waals surface area contributed by atoms with E-state index in [-0.39, 0.29) is 11.3 Å². The molecule has 0 radical (unpaired) electrons. The van der Waals surface area contributed by atoms with Crippen LogP contribution in [0.3, 0.4) is 0 Å². The molecular weight excluding hydrogens is 368 g/mol. The second-order valence-electron chi connectivity index (χ2n) is 7.04. The molecule has 29 heavy (non-hydrogen) atoms. The Kier molecular flexibility index (Phi) is 6.25. The second-order valence-corrected chi connectivity index (χ2v) is 7.04. The maximum absolute atomic E-state index is 12.6. The van der Waals surface area contributed by atoms with Crippen LogP contribution < -0.4 is 10.2 Å². The number of non-ortho nitro benzene ring substituents is 1. The lowest BCUT2D eigenvalue weighted by Gasteiger charge is -2.30. The van der Waals surface area contributed by atoms with E-state index in [1.807, 2.05) is 25.1 Å². The van der Waals surface area contributed by atoms with E-state index in [9.17, 15) is 20.2 Å². The van der Waals surface area contributed by atoms with Crippen molar-refractivity contribution in [3.8, 4) is 6.07 Å². The fourth-order valence-electron chi connectivity index (χ4n) is 3.33. The van der Waals surface area contributed by atoms with E-state index in [0.29, 0.717) is 11.3 Å². The van der Waals surface area contributed by atoms with Gasteiger partial charge in [0.25, 0.3) is 11.6 Å². The molecule has 1 aliphatic rings. The predicted octanol–water partition coefficient (Wildman–Crippen LogP) is 4.44. The number of nitrogens with zero attached hydrogens (tertiary/aromatic N) is 3. The molecule has 1 fully saturated rings. The number of benzene rings is 2. The third-order valence-electron chi connectivity index (χ3n) is 4.89. The minimum absolute atomic E-state index is 0.0757. The fourth-order valence-corrected chi connectivity index (χ4v) is 3.33. The highest BCUT2D eigenvalue weighted by molar-refractivity contribution is 6.10. The summed E-state index contributed by atoms with van der Waals surface area (Å²) in [4.78, 5) is 25.5. The van der Waals surface area contributed by atoms with Crippen molar-refractivity contribution in [3.05, 3.63) is 69.3 Å². The van der Waals surface area contributed by atoms with E-state index in [0.717, 1.165) is 43.6 Å². The molecule has 2 aromatic rings. The standard InChI is InChI=1S/C22H22N4O3/c1-16-5-7-19(8-6-16)24-22(27)18(15-23)13-17-14-20(26(28)29)9-10-21(17)25-11-3-2-4-12-25/h5-10,13-14H,2-4,11-12H2,1H3,(H,24,27)/b18-13+. The van der Waals surface area contributed by atoms with Gasteiger partial charge < -0.3 is 10.2 Å². The van der Waals surface area contributed by atoms with Crippen LogP contribution in [0.4, 0.5) is 17.1 Å². The average Bonchev–Trinajstić information content (AvgIpc) is 2.74. The lowest BCUT2D eigenvalue weighted by Crippen LogP contribution is -2.30. The summed E-state index contributed by atoms with van der Waals surface area (Å²) in [5.74, 6) is -0.549. The van der Waals surface area contributed by atoms with Gasteiger partial charge in [-0.1, -0.05) is 17.7 Å². The Morgan fingerprint density at radius 2 is 1.86 bits per heavy atom. The summed E-state index contributed by atoms with van der Waals surface area (Å²) in [6, 6.07) is 13.7.